The topological polar surface area (TPSA) is 80.9 Å². The Morgan fingerprint density at radius 3 is 0.778 bits per heavy atom. The van der Waals surface area contributed by atoms with Crippen molar-refractivity contribution in [1.82, 2.24) is 0 Å². The first-order valence-corrected chi connectivity index (χ1v) is 2.68. The fraction of sp³-hybridized carbons (Fsp3) is 1.00. The summed E-state index contributed by atoms with van der Waals surface area (Å²) in [6.45, 7) is 0. The minimum Gasteiger partial charge on any atom is -1.00 e. The van der Waals surface area contributed by atoms with Gasteiger partial charge in [-0.3, -0.25) is 0 Å². The Morgan fingerprint density at radius 1 is 0.778 bits per heavy atom. The third-order valence-corrected chi connectivity index (χ3v) is 0. The van der Waals surface area contributed by atoms with Gasteiger partial charge in [0.15, 0.2) is 0 Å². The van der Waals surface area contributed by atoms with Crippen LogP contribution in [0.4, 0.5) is 0 Å². The molecule has 0 spiro atoms. The van der Waals surface area contributed by atoms with Gasteiger partial charge >= 0.3 is 122 Å². The molecule has 0 aromatic carbocycles. The van der Waals surface area contributed by atoms with Gasteiger partial charge < -0.3 is 27.7 Å². The van der Waals surface area contributed by atoms with Crippen molar-refractivity contribution in [3.63, 3.8) is 0 Å². The first-order valence-electron chi connectivity index (χ1n) is 0.894. The molecule has 0 aromatic rings. The molecule has 0 radical (unpaired) electrons. The van der Waals surface area contributed by atoms with E-state index in [1.54, 1.807) is 0 Å². The van der Waals surface area contributed by atoms with Gasteiger partial charge in [0.05, 0.1) is 0 Å². The summed E-state index contributed by atoms with van der Waals surface area (Å²) in [5.74, 6) is 0. The average Bonchev–Trinajstić information content (AvgIpc) is 0.722. The van der Waals surface area contributed by atoms with E-state index < -0.39 is 9.05 Å². The summed E-state index contributed by atoms with van der Waals surface area (Å²) < 4.78 is 0. The van der Waals surface area contributed by atoms with E-state index in [0.29, 0.717) is 0 Å². The molecule has 0 unspecified atom stereocenters. The molecule has 0 amide bonds. The van der Waals surface area contributed by atoms with Crippen molar-refractivity contribution < 1.29 is 27.7 Å². The van der Waals surface area contributed by atoms with E-state index in [1.807, 2.05) is 0 Å². The molecule has 9 heavy (non-hydrogen) atoms. The van der Waals surface area contributed by atoms with Crippen molar-refractivity contribution in [3.8, 4) is 0 Å². The molecule has 0 rings (SSSR count). The fourth-order valence-corrected chi connectivity index (χ4v) is 0. The van der Waals surface area contributed by atoms with Crippen LogP contribution in [0.15, 0.2) is 0 Å². The van der Waals surface area contributed by atoms with Crippen molar-refractivity contribution in [2.24, 2.45) is 0 Å². The Balaban J connectivity index is -0.00000000178. The molecule has 4 nitrogen and oxygen atoms in total. The van der Waals surface area contributed by atoms with Gasteiger partial charge in [-0.2, -0.15) is 0 Å². The van der Waals surface area contributed by atoms with E-state index >= 15 is 0 Å². The molecule has 4 N–H and O–H groups in total. The van der Waals surface area contributed by atoms with E-state index in [4.69, 9.17) is 19.2 Å². The fourth-order valence-electron chi connectivity index (χ4n) is 0. The maximum absolute atomic E-state index is 7.33. The predicted molar refractivity (Wildman–Crippen MR) is 45.3 cm³/mol. The Bertz CT molecular complexity index is 45.8. The van der Waals surface area contributed by atoms with Gasteiger partial charge in [-0.25, -0.2) is 0 Å². The number of hydrogen-bond donors (Lipinski definition) is 4. The number of rotatable bonds is 0. The van der Waals surface area contributed by atoms with Crippen LogP contribution >= 0.6 is 0 Å². The van der Waals surface area contributed by atoms with Crippen LogP contribution in [0, 0.1) is 0 Å². The third kappa shape index (κ3) is 77.8. The second kappa shape index (κ2) is 14.4. The predicted octanol–water partition coefficient (Wildman–Crippen LogP) is -2.44. The van der Waals surface area contributed by atoms with Gasteiger partial charge in [-0.15, -0.1) is 0 Å². The molecule has 0 aliphatic rings. The van der Waals surface area contributed by atoms with Crippen LogP contribution < -0.4 is 0 Å². The summed E-state index contributed by atoms with van der Waals surface area (Å²) in [6.07, 6.45) is 0. The quantitative estimate of drug-likeness (QED) is 0.354. The molecule has 0 fully saturated rings. The molecule has 0 saturated carbocycles. The third-order valence-electron chi connectivity index (χ3n) is 0. The van der Waals surface area contributed by atoms with E-state index in [9.17, 15) is 0 Å². The molecule has 0 bridgehead atoms. The van der Waals surface area contributed by atoms with Gasteiger partial charge in [0.25, 0.3) is 0 Å². The van der Waals surface area contributed by atoms with Crippen molar-refractivity contribution in [2.45, 2.75) is 7.43 Å². The monoisotopic (exact) mass is 238 g/mol. The Hall–Kier alpha value is 3.84. The zero-order valence-corrected chi connectivity index (χ0v) is 12.0. The normalized spacial score (nSPS) is 6.67. The molecule has 0 aliphatic heterocycles. The van der Waals surface area contributed by atoms with Crippen LogP contribution in [0.3, 0.4) is 0 Å². The minimum atomic E-state index is -4.61. The van der Waals surface area contributed by atoms with Crippen molar-refractivity contribution in [2.75, 3.05) is 0 Å². The Kier molecular flexibility index (Phi) is 46.7. The molecule has 0 aliphatic carbocycles. The Labute approximate surface area is 154 Å². The van der Waals surface area contributed by atoms with Crippen LogP contribution in [-0.4, -0.2) is 141 Å². The van der Waals surface area contributed by atoms with Gasteiger partial charge in [0.2, 0.25) is 0 Å². The molecule has 0 saturated heterocycles. The summed E-state index contributed by atoms with van der Waals surface area (Å²) in [7, 11) is -4.61. The summed E-state index contributed by atoms with van der Waals surface area (Å²) in [5, 5.41) is 0. The Morgan fingerprint density at radius 2 is 0.778 bits per heavy atom. The molecule has 0 heterocycles. The van der Waals surface area contributed by atoms with Gasteiger partial charge in [0, 0.05) is 0 Å². The minimum absolute atomic E-state index is 0. The summed E-state index contributed by atoms with van der Waals surface area (Å²) in [4.78, 5) is 29.3. The van der Waals surface area contributed by atoms with E-state index in [-0.39, 0.29) is 129 Å². The second-order valence-electron chi connectivity index (χ2n) is 0.600. The smallest absolute Gasteiger partial charge is 1.00 e. The summed E-state index contributed by atoms with van der Waals surface area (Å²) >= 11 is 0. The molecular weight excluding hydrogens is 224 g/mol. The van der Waals surface area contributed by atoms with E-state index in [2.05, 4.69) is 0 Å². The molecule has 52 valence electrons. The second-order valence-corrected chi connectivity index (χ2v) is 1.80. The van der Waals surface area contributed by atoms with Gasteiger partial charge in [0.1, 0.15) is 0 Å². The summed E-state index contributed by atoms with van der Waals surface area (Å²) in [6, 6.07) is 0. The summed E-state index contributed by atoms with van der Waals surface area (Å²) in [5.41, 5.74) is 0. The first kappa shape index (κ1) is 29.3. The maximum atomic E-state index is 7.33. The SMILES string of the molecule is C.O[Si](O)(O)O.[Ca+2].[Ca+2].[Ca+2].[H-].[H-].[H-].[H-].[H-].[H-]. The van der Waals surface area contributed by atoms with Crippen molar-refractivity contribution >= 4 is 122 Å². The van der Waals surface area contributed by atoms with Crippen molar-refractivity contribution in [1.29, 1.82) is 0 Å². The molecular formula is CH14Ca3O4Si. The standard InChI is InChI=1S/CH4.3Ca.H4O4Si.6H/c;;;;1-5(2,3)4;;;;;;/h1H4;;;;1-4H;;;;;;/q;3*+2;;6*-1. The first-order chi connectivity index (χ1) is 2.00. The van der Waals surface area contributed by atoms with Crippen molar-refractivity contribution in [3.05, 3.63) is 0 Å². The van der Waals surface area contributed by atoms with Crippen LogP contribution in [0.2, 0.25) is 0 Å². The van der Waals surface area contributed by atoms with Crippen LogP contribution in [0.25, 0.3) is 0 Å². The van der Waals surface area contributed by atoms with E-state index in [0.717, 1.165) is 0 Å². The maximum Gasteiger partial charge on any atom is 2.00 e. The van der Waals surface area contributed by atoms with Gasteiger partial charge in [-0.05, 0) is 0 Å². The number of hydrogen-bond acceptors (Lipinski definition) is 4. The van der Waals surface area contributed by atoms with Gasteiger partial charge in [-0.1, -0.05) is 7.43 Å². The zero-order chi connectivity index (χ0) is 4.50. The van der Waals surface area contributed by atoms with E-state index in [1.165, 1.54) is 0 Å². The molecule has 0 aromatic heterocycles. The van der Waals surface area contributed by atoms with Crippen LogP contribution in [-0.2, 0) is 0 Å². The molecule has 8 heteroatoms. The van der Waals surface area contributed by atoms with Crippen LogP contribution in [0.5, 0.6) is 0 Å². The molecule has 0 atom stereocenters. The zero-order valence-electron chi connectivity index (χ0n) is 10.4. The van der Waals surface area contributed by atoms with Crippen LogP contribution in [0.1, 0.15) is 16.0 Å². The largest absolute Gasteiger partial charge is 2.00 e. The average molecular weight is 238 g/mol.